The van der Waals surface area contributed by atoms with Crippen molar-refractivity contribution in [3.05, 3.63) is 65.2 Å². The lowest BCUT2D eigenvalue weighted by Crippen LogP contribution is -2.05. The Bertz CT molecular complexity index is 639. The molecule has 0 bridgehead atoms. The smallest absolute Gasteiger partial charge is 0.338 e. The number of hydrogen-bond acceptors (Lipinski definition) is 4. The Hall–Kier alpha value is -2.80. The number of nitrogens with zero attached hydrogens (tertiary/aromatic N) is 1. The molecule has 0 aliphatic rings. The van der Waals surface area contributed by atoms with Crippen molar-refractivity contribution in [3.8, 4) is 11.8 Å². The molecule has 2 aromatic carbocycles. The van der Waals surface area contributed by atoms with Gasteiger partial charge in [0, 0.05) is 0 Å². The highest BCUT2D eigenvalue weighted by molar-refractivity contribution is 5.89. The molecule has 106 valence electrons. The first-order chi connectivity index (χ1) is 10.2. The van der Waals surface area contributed by atoms with Crippen LogP contribution in [0, 0.1) is 11.3 Å². The van der Waals surface area contributed by atoms with Gasteiger partial charge in [0.2, 0.25) is 0 Å². The first-order valence-corrected chi connectivity index (χ1v) is 6.62. The number of hydrogen-bond donors (Lipinski definition) is 0. The summed E-state index contributed by atoms with van der Waals surface area (Å²) in [7, 11) is 0. The summed E-state index contributed by atoms with van der Waals surface area (Å²) in [5.74, 6) is 0.337. The first kappa shape index (κ1) is 14.6. The first-order valence-electron chi connectivity index (χ1n) is 6.62. The van der Waals surface area contributed by atoms with E-state index in [1.54, 1.807) is 48.5 Å². The quantitative estimate of drug-likeness (QED) is 0.789. The second-order valence-corrected chi connectivity index (χ2v) is 4.34. The normalized spacial score (nSPS) is 9.71. The van der Waals surface area contributed by atoms with Crippen LogP contribution in [0.4, 0.5) is 0 Å². The molecule has 2 aromatic rings. The van der Waals surface area contributed by atoms with Gasteiger partial charge in [0.1, 0.15) is 12.4 Å². The Balaban J connectivity index is 1.93. The van der Waals surface area contributed by atoms with Crippen LogP contribution in [-0.2, 0) is 11.3 Å². The van der Waals surface area contributed by atoms with E-state index < -0.39 is 0 Å². The molecule has 0 amide bonds. The van der Waals surface area contributed by atoms with Gasteiger partial charge < -0.3 is 9.47 Å². The molecular formula is C17H15NO3. The second kappa shape index (κ2) is 7.11. The Kier molecular flexibility index (Phi) is 4.94. The van der Waals surface area contributed by atoms with Gasteiger partial charge in [0.25, 0.3) is 0 Å². The Morgan fingerprint density at radius 1 is 1.10 bits per heavy atom. The van der Waals surface area contributed by atoms with E-state index in [0.29, 0.717) is 17.7 Å². The number of esters is 1. The van der Waals surface area contributed by atoms with Gasteiger partial charge in [-0.2, -0.15) is 5.26 Å². The summed E-state index contributed by atoms with van der Waals surface area (Å²) < 4.78 is 10.5. The second-order valence-electron chi connectivity index (χ2n) is 4.34. The van der Waals surface area contributed by atoms with E-state index in [9.17, 15) is 4.79 Å². The van der Waals surface area contributed by atoms with Crippen molar-refractivity contribution >= 4 is 5.97 Å². The van der Waals surface area contributed by atoms with Gasteiger partial charge in [-0.25, -0.2) is 4.79 Å². The SMILES string of the molecule is CCOc1ccc(C(=O)OCc2ccc(C#N)cc2)cc1. The van der Waals surface area contributed by atoms with Crippen LogP contribution in [0.5, 0.6) is 5.75 Å². The predicted molar refractivity (Wildman–Crippen MR) is 77.9 cm³/mol. The van der Waals surface area contributed by atoms with Crippen LogP contribution in [0.15, 0.2) is 48.5 Å². The van der Waals surface area contributed by atoms with Crippen molar-refractivity contribution in [3.63, 3.8) is 0 Å². The number of benzene rings is 2. The van der Waals surface area contributed by atoms with Crippen molar-refractivity contribution in [2.75, 3.05) is 6.61 Å². The van der Waals surface area contributed by atoms with Crippen LogP contribution in [0.2, 0.25) is 0 Å². The fourth-order valence-corrected chi connectivity index (χ4v) is 1.76. The number of ether oxygens (including phenoxy) is 2. The molecule has 21 heavy (non-hydrogen) atoms. The highest BCUT2D eigenvalue weighted by Crippen LogP contribution is 2.13. The minimum Gasteiger partial charge on any atom is -0.494 e. The lowest BCUT2D eigenvalue weighted by Gasteiger charge is -2.06. The summed E-state index contributed by atoms with van der Waals surface area (Å²) in [6, 6.07) is 15.8. The minimum atomic E-state index is -0.387. The standard InChI is InChI=1S/C17H15NO3/c1-2-20-16-9-7-15(8-10-16)17(19)21-12-14-5-3-13(11-18)4-6-14/h3-10H,2,12H2,1H3. The average molecular weight is 281 g/mol. The van der Waals surface area contributed by atoms with Crippen LogP contribution >= 0.6 is 0 Å². The largest absolute Gasteiger partial charge is 0.494 e. The lowest BCUT2D eigenvalue weighted by atomic mass is 10.1. The predicted octanol–water partition coefficient (Wildman–Crippen LogP) is 3.31. The molecule has 0 aliphatic carbocycles. The molecule has 0 saturated heterocycles. The number of rotatable bonds is 5. The number of carbonyl (C=O) groups is 1. The van der Waals surface area contributed by atoms with E-state index in [1.807, 2.05) is 13.0 Å². The van der Waals surface area contributed by atoms with E-state index in [0.717, 1.165) is 11.3 Å². The molecule has 0 heterocycles. The maximum absolute atomic E-state index is 11.9. The summed E-state index contributed by atoms with van der Waals surface area (Å²) in [5.41, 5.74) is 1.90. The van der Waals surface area contributed by atoms with Crippen LogP contribution < -0.4 is 4.74 Å². The average Bonchev–Trinajstić information content (AvgIpc) is 2.54. The maximum atomic E-state index is 11.9. The molecule has 4 nitrogen and oxygen atoms in total. The molecule has 0 N–H and O–H groups in total. The molecule has 2 rings (SSSR count). The van der Waals surface area contributed by atoms with Gasteiger partial charge in [-0.3, -0.25) is 0 Å². The third kappa shape index (κ3) is 4.08. The summed E-state index contributed by atoms with van der Waals surface area (Å²) in [4.78, 5) is 11.9. The molecular weight excluding hydrogens is 266 g/mol. The van der Waals surface area contributed by atoms with Gasteiger partial charge in [0.05, 0.1) is 23.8 Å². The molecule has 0 atom stereocenters. The molecule has 0 aliphatic heterocycles. The third-order valence-electron chi connectivity index (χ3n) is 2.85. The van der Waals surface area contributed by atoms with E-state index in [2.05, 4.69) is 0 Å². The molecule has 0 saturated carbocycles. The fourth-order valence-electron chi connectivity index (χ4n) is 1.76. The van der Waals surface area contributed by atoms with E-state index in [-0.39, 0.29) is 12.6 Å². The van der Waals surface area contributed by atoms with E-state index in [1.165, 1.54) is 0 Å². The zero-order chi connectivity index (χ0) is 15.1. The van der Waals surface area contributed by atoms with Gasteiger partial charge >= 0.3 is 5.97 Å². The van der Waals surface area contributed by atoms with E-state index in [4.69, 9.17) is 14.7 Å². The van der Waals surface area contributed by atoms with Gasteiger partial charge in [-0.15, -0.1) is 0 Å². The lowest BCUT2D eigenvalue weighted by molar-refractivity contribution is 0.0472. The van der Waals surface area contributed by atoms with Crippen molar-refractivity contribution < 1.29 is 14.3 Å². The topological polar surface area (TPSA) is 59.3 Å². The highest BCUT2D eigenvalue weighted by Gasteiger charge is 2.07. The molecule has 0 unspecified atom stereocenters. The minimum absolute atomic E-state index is 0.178. The zero-order valence-electron chi connectivity index (χ0n) is 11.7. The van der Waals surface area contributed by atoms with Crippen molar-refractivity contribution in [2.24, 2.45) is 0 Å². The van der Waals surface area contributed by atoms with Gasteiger partial charge in [-0.1, -0.05) is 12.1 Å². The number of nitriles is 1. The summed E-state index contributed by atoms with van der Waals surface area (Å²) in [6.45, 7) is 2.67. The Morgan fingerprint density at radius 3 is 2.33 bits per heavy atom. The van der Waals surface area contributed by atoms with E-state index >= 15 is 0 Å². The summed E-state index contributed by atoms with van der Waals surface area (Å²) in [6.07, 6.45) is 0. The third-order valence-corrected chi connectivity index (χ3v) is 2.85. The van der Waals surface area contributed by atoms with Crippen LogP contribution in [0.25, 0.3) is 0 Å². The fraction of sp³-hybridized carbons (Fsp3) is 0.176. The molecule has 0 radical (unpaired) electrons. The van der Waals surface area contributed by atoms with Crippen molar-refractivity contribution in [2.45, 2.75) is 13.5 Å². The summed E-state index contributed by atoms with van der Waals surface area (Å²) >= 11 is 0. The maximum Gasteiger partial charge on any atom is 0.338 e. The Labute approximate surface area is 123 Å². The number of carbonyl (C=O) groups excluding carboxylic acids is 1. The molecule has 0 aromatic heterocycles. The Morgan fingerprint density at radius 2 is 1.76 bits per heavy atom. The summed E-state index contributed by atoms with van der Waals surface area (Å²) in [5, 5.41) is 8.71. The van der Waals surface area contributed by atoms with Crippen molar-refractivity contribution in [1.82, 2.24) is 0 Å². The van der Waals surface area contributed by atoms with Crippen LogP contribution in [0.1, 0.15) is 28.4 Å². The molecule has 0 spiro atoms. The van der Waals surface area contributed by atoms with Crippen LogP contribution in [-0.4, -0.2) is 12.6 Å². The highest BCUT2D eigenvalue weighted by atomic mass is 16.5. The monoisotopic (exact) mass is 281 g/mol. The zero-order valence-corrected chi connectivity index (χ0v) is 11.7. The van der Waals surface area contributed by atoms with Gasteiger partial charge in [-0.05, 0) is 48.9 Å². The van der Waals surface area contributed by atoms with Crippen LogP contribution in [0.3, 0.4) is 0 Å². The van der Waals surface area contributed by atoms with Crippen molar-refractivity contribution in [1.29, 1.82) is 5.26 Å². The van der Waals surface area contributed by atoms with Gasteiger partial charge in [0.15, 0.2) is 0 Å². The molecule has 0 fully saturated rings. The molecule has 4 heteroatoms.